The van der Waals surface area contributed by atoms with E-state index in [2.05, 4.69) is 24.2 Å². The number of nitrogens with zero attached hydrogens (tertiary/aromatic N) is 2. The molecule has 0 saturated heterocycles. The van der Waals surface area contributed by atoms with Crippen LogP contribution in [0.4, 0.5) is 5.69 Å². The summed E-state index contributed by atoms with van der Waals surface area (Å²) in [5.41, 5.74) is 2.32. The van der Waals surface area contributed by atoms with Crippen molar-refractivity contribution in [3.05, 3.63) is 29.8 Å². The van der Waals surface area contributed by atoms with Gasteiger partial charge in [-0.05, 0) is 30.5 Å². The van der Waals surface area contributed by atoms with Crippen molar-refractivity contribution in [3.8, 4) is 0 Å². The van der Waals surface area contributed by atoms with Gasteiger partial charge in [0.05, 0.1) is 5.69 Å². The van der Waals surface area contributed by atoms with Crippen LogP contribution in [0.3, 0.4) is 0 Å². The van der Waals surface area contributed by atoms with Crippen LogP contribution in [0.2, 0.25) is 0 Å². The van der Waals surface area contributed by atoms with Gasteiger partial charge in [-0.2, -0.15) is 0 Å². The first kappa shape index (κ1) is 13.9. The number of unbranched alkanes of at least 4 members (excludes halogenated alkanes) is 3. The van der Waals surface area contributed by atoms with E-state index < -0.39 is 6.61 Å². The lowest BCUT2D eigenvalue weighted by molar-refractivity contribution is 0.211. The summed E-state index contributed by atoms with van der Waals surface area (Å²) in [7, 11) is 0. The molecule has 0 saturated carbocycles. The molecule has 1 aromatic rings. The van der Waals surface area contributed by atoms with Crippen molar-refractivity contribution in [1.82, 2.24) is 0 Å². The molecule has 2 rings (SSSR count). The molecule has 0 atom stereocenters. The van der Waals surface area contributed by atoms with Gasteiger partial charge in [0.25, 0.3) is 0 Å². The second kappa shape index (κ2) is 7.14. The second-order valence-electron chi connectivity index (χ2n) is 4.79. The van der Waals surface area contributed by atoms with Gasteiger partial charge in [-0.1, -0.05) is 38.3 Å². The third kappa shape index (κ3) is 3.96. The highest BCUT2D eigenvalue weighted by Crippen LogP contribution is 2.20. The molecule has 4 nitrogen and oxygen atoms in total. The Morgan fingerprint density at radius 1 is 1.32 bits per heavy atom. The Morgan fingerprint density at radius 3 is 2.95 bits per heavy atom. The minimum Gasteiger partial charge on any atom is -0.455 e. The van der Waals surface area contributed by atoms with Crippen molar-refractivity contribution in [2.75, 3.05) is 18.3 Å². The van der Waals surface area contributed by atoms with Gasteiger partial charge in [-0.25, -0.2) is 10.1 Å². The molecule has 103 valence electrons. The summed E-state index contributed by atoms with van der Waals surface area (Å²) in [5.74, 6) is 0.272. The molecule has 1 aromatic carbocycles. The van der Waals surface area contributed by atoms with E-state index >= 15 is 0 Å². The van der Waals surface area contributed by atoms with E-state index in [4.69, 9.17) is 4.74 Å². The highest BCUT2D eigenvalue weighted by molar-refractivity contribution is 5.80. The van der Waals surface area contributed by atoms with Crippen LogP contribution >= 0.6 is 0 Å². The minimum absolute atomic E-state index is 0.272. The fraction of sp³-hybridized carbons (Fsp3) is 0.533. The standard InChI is InChI=1S/C15H21N2O2/c1-2-3-4-5-7-13-8-6-9-14(10-13)17-12-19-15(11-18)16-17/h6,8-10H,2-5,7,11-12H2,1H3. The average molecular weight is 261 g/mol. The van der Waals surface area contributed by atoms with Gasteiger partial charge in [0.2, 0.25) is 5.90 Å². The van der Waals surface area contributed by atoms with E-state index in [1.165, 1.54) is 31.2 Å². The van der Waals surface area contributed by atoms with Crippen molar-refractivity contribution >= 4 is 11.6 Å². The van der Waals surface area contributed by atoms with Gasteiger partial charge in [0, 0.05) is 0 Å². The molecule has 0 amide bonds. The topological polar surface area (TPSA) is 44.7 Å². The zero-order valence-electron chi connectivity index (χ0n) is 11.5. The third-order valence-electron chi connectivity index (χ3n) is 3.24. The first-order chi connectivity index (χ1) is 9.33. The first-order valence-electron chi connectivity index (χ1n) is 6.98. The summed E-state index contributed by atoms with van der Waals surface area (Å²) >= 11 is 0. The van der Waals surface area contributed by atoms with Gasteiger partial charge in [0.15, 0.2) is 13.3 Å². The predicted octanol–water partition coefficient (Wildman–Crippen LogP) is 3.35. The Balaban J connectivity index is 1.94. The molecule has 4 heteroatoms. The van der Waals surface area contributed by atoms with E-state index in [-0.39, 0.29) is 5.90 Å². The quantitative estimate of drug-likeness (QED) is 0.706. The number of rotatable bonds is 7. The van der Waals surface area contributed by atoms with Crippen LogP contribution in [0.5, 0.6) is 0 Å². The van der Waals surface area contributed by atoms with Crippen molar-refractivity contribution < 1.29 is 9.84 Å². The Morgan fingerprint density at radius 2 is 2.21 bits per heavy atom. The van der Waals surface area contributed by atoms with Crippen LogP contribution in [-0.2, 0) is 16.3 Å². The van der Waals surface area contributed by atoms with Crippen molar-refractivity contribution in [2.24, 2.45) is 5.10 Å². The van der Waals surface area contributed by atoms with Gasteiger partial charge in [0.1, 0.15) is 0 Å². The number of hydrogen-bond acceptors (Lipinski definition) is 3. The Labute approximate surface area is 114 Å². The number of benzene rings is 1. The SMILES string of the molecule is CCCCCCc1cccc(N2COC(C[O])=N2)c1. The van der Waals surface area contributed by atoms with Crippen molar-refractivity contribution in [2.45, 2.75) is 39.0 Å². The summed E-state index contributed by atoms with van der Waals surface area (Å²) in [6, 6.07) is 8.31. The summed E-state index contributed by atoms with van der Waals surface area (Å²) in [4.78, 5) is 0. The lowest BCUT2D eigenvalue weighted by Crippen LogP contribution is -2.12. The Kier molecular flexibility index (Phi) is 5.21. The maximum absolute atomic E-state index is 10.7. The highest BCUT2D eigenvalue weighted by Gasteiger charge is 2.16. The van der Waals surface area contributed by atoms with Gasteiger partial charge < -0.3 is 4.74 Å². The fourth-order valence-electron chi connectivity index (χ4n) is 2.16. The molecule has 1 aliphatic rings. The molecular weight excluding hydrogens is 240 g/mol. The number of hydrazone groups is 1. The van der Waals surface area contributed by atoms with Crippen LogP contribution < -0.4 is 5.01 Å². The first-order valence-corrected chi connectivity index (χ1v) is 6.98. The molecule has 1 radical (unpaired) electrons. The molecule has 0 aromatic heterocycles. The monoisotopic (exact) mass is 261 g/mol. The Hall–Kier alpha value is -1.55. The molecule has 1 aliphatic heterocycles. The van der Waals surface area contributed by atoms with E-state index in [9.17, 15) is 5.11 Å². The highest BCUT2D eigenvalue weighted by atomic mass is 16.5. The van der Waals surface area contributed by atoms with Crippen LogP contribution in [0.25, 0.3) is 0 Å². The molecule has 0 fully saturated rings. The predicted molar refractivity (Wildman–Crippen MR) is 75.7 cm³/mol. The molecule has 0 N–H and O–H groups in total. The number of hydrogen-bond donors (Lipinski definition) is 0. The van der Waals surface area contributed by atoms with E-state index in [0.29, 0.717) is 6.73 Å². The normalized spacial score (nSPS) is 14.4. The van der Waals surface area contributed by atoms with Gasteiger partial charge in [-0.15, -0.1) is 5.10 Å². The van der Waals surface area contributed by atoms with Crippen LogP contribution in [-0.4, -0.2) is 19.2 Å². The summed E-state index contributed by atoms with van der Waals surface area (Å²) < 4.78 is 5.19. The number of anilines is 1. The van der Waals surface area contributed by atoms with Crippen LogP contribution in [0.15, 0.2) is 29.4 Å². The average Bonchev–Trinajstić information content (AvgIpc) is 2.93. The number of aryl methyl sites for hydroxylation is 1. The van der Waals surface area contributed by atoms with Gasteiger partial charge in [-0.3, -0.25) is 0 Å². The number of ether oxygens (including phenoxy) is 1. The Bertz CT molecular complexity index is 432. The molecule has 0 aliphatic carbocycles. The van der Waals surface area contributed by atoms with E-state index in [0.717, 1.165) is 12.1 Å². The van der Waals surface area contributed by atoms with E-state index in [1.54, 1.807) is 5.01 Å². The summed E-state index contributed by atoms with van der Waals surface area (Å²) in [5, 5.41) is 16.6. The van der Waals surface area contributed by atoms with Crippen molar-refractivity contribution in [1.29, 1.82) is 0 Å². The lowest BCUT2D eigenvalue weighted by atomic mass is 10.1. The van der Waals surface area contributed by atoms with Crippen LogP contribution in [0.1, 0.15) is 38.2 Å². The molecule has 19 heavy (non-hydrogen) atoms. The molecular formula is C15H21N2O2. The summed E-state index contributed by atoms with van der Waals surface area (Å²) in [6.07, 6.45) is 6.17. The maximum Gasteiger partial charge on any atom is 0.238 e. The smallest absolute Gasteiger partial charge is 0.238 e. The fourth-order valence-corrected chi connectivity index (χ4v) is 2.16. The second-order valence-corrected chi connectivity index (χ2v) is 4.79. The largest absolute Gasteiger partial charge is 0.455 e. The van der Waals surface area contributed by atoms with Crippen LogP contribution in [0, 0.1) is 0 Å². The molecule has 0 bridgehead atoms. The maximum atomic E-state index is 10.7. The minimum atomic E-state index is -0.396. The van der Waals surface area contributed by atoms with E-state index in [1.807, 2.05) is 12.1 Å². The molecule has 0 unspecified atom stereocenters. The summed E-state index contributed by atoms with van der Waals surface area (Å²) in [6.45, 7) is 2.17. The molecule has 1 heterocycles. The van der Waals surface area contributed by atoms with Crippen molar-refractivity contribution in [3.63, 3.8) is 0 Å². The lowest BCUT2D eigenvalue weighted by Gasteiger charge is -2.12. The zero-order valence-corrected chi connectivity index (χ0v) is 11.5. The zero-order chi connectivity index (χ0) is 13.5. The third-order valence-corrected chi connectivity index (χ3v) is 3.24. The molecule has 0 spiro atoms. The van der Waals surface area contributed by atoms with Gasteiger partial charge >= 0.3 is 0 Å².